The highest BCUT2D eigenvalue weighted by molar-refractivity contribution is 5.94. The number of carboxylic acids is 1. The molecule has 0 bridgehead atoms. The summed E-state index contributed by atoms with van der Waals surface area (Å²) >= 11 is 0. The molecule has 49 heavy (non-hydrogen) atoms. The first kappa shape index (κ1) is 40.0. The van der Waals surface area contributed by atoms with Crippen LogP contribution in [0.4, 0.5) is 4.79 Å². The molecule has 0 aliphatic carbocycles. The highest BCUT2D eigenvalue weighted by Crippen LogP contribution is 2.14. The second-order valence-electron chi connectivity index (χ2n) is 13.3. The fraction of sp³-hybridized carbons (Fsp3) is 0.486. The minimum absolute atomic E-state index is 0.0118. The topological polar surface area (TPSA) is 203 Å². The molecule has 5 amide bonds. The van der Waals surface area contributed by atoms with Gasteiger partial charge in [0, 0.05) is 19.9 Å². The average Bonchev–Trinajstić information content (AvgIpc) is 3.01. The van der Waals surface area contributed by atoms with E-state index in [9.17, 15) is 39.0 Å². The maximum atomic E-state index is 13.4. The van der Waals surface area contributed by atoms with Gasteiger partial charge in [-0.1, -0.05) is 56.3 Å². The molecule has 0 aromatic heterocycles. The van der Waals surface area contributed by atoms with Gasteiger partial charge < -0.3 is 41.1 Å². The van der Waals surface area contributed by atoms with E-state index in [1.54, 1.807) is 63.2 Å². The van der Waals surface area contributed by atoms with Gasteiger partial charge >= 0.3 is 12.1 Å². The van der Waals surface area contributed by atoms with Crippen molar-refractivity contribution < 1.29 is 43.7 Å². The molecule has 0 saturated heterocycles. The van der Waals surface area contributed by atoms with Gasteiger partial charge in [-0.3, -0.25) is 19.2 Å². The number of likely N-dealkylation sites (N-methyl/N-ethyl adjacent to an activating group) is 1. The molecule has 14 heteroatoms. The highest BCUT2D eigenvalue weighted by atomic mass is 16.6. The van der Waals surface area contributed by atoms with Gasteiger partial charge in [0.05, 0.1) is 6.54 Å². The number of carboxylic acid groups (broad SMARTS) is 1. The first-order chi connectivity index (χ1) is 22.9. The molecule has 0 aliphatic heterocycles. The average molecular weight is 684 g/mol. The van der Waals surface area contributed by atoms with Crippen LogP contribution in [-0.4, -0.2) is 94.2 Å². The molecule has 4 atom stereocenters. The lowest BCUT2D eigenvalue weighted by Crippen LogP contribution is -2.56. The van der Waals surface area contributed by atoms with Gasteiger partial charge in [-0.05, 0) is 63.3 Å². The first-order valence-electron chi connectivity index (χ1n) is 16.0. The molecule has 268 valence electrons. The van der Waals surface area contributed by atoms with Gasteiger partial charge in [0.25, 0.3) is 0 Å². The van der Waals surface area contributed by atoms with E-state index in [1.807, 2.05) is 13.8 Å². The molecule has 14 nitrogen and oxygen atoms in total. The summed E-state index contributed by atoms with van der Waals surface area (Å²) in [5.74, 6) is -3.86. The number of benzene rings is 2. The number of aromatic hydroxyl groups is 1. The monoisotopic (exact) mass is 683 g/mol. The number of alkyl carbamates (subject to hydrolysis) is 1. The SMILES string of the molecule is CC(C)C[C@H](NC(=O)[C@H](Cc1ccccc1)N(C)C(=O)CNC(=O)[C@@H](C)NC(=O)[C@H](Cc1ccc(O)cc1)NC(=O)OC(C)(C)C)C(=O)O. The third kappa shape index (κ3) is 14.3. The Bertz CT molecular complexity index is 1440. The van der Waals surface area contributed by atoms with Crippen molar-refractivity contribution in [3.8, 4) is 5.75 Å². The molecule has 2 rings (SSSR count). The predicted molar refractivity (Wildman–Crippen MR) is 181 cm³/mol. The second-order valence-corrected chi connectivity index (χ2v) is 13.3. The van der Waals surface area contributed by atoms with Crippen LogP contribution in [0, 0.1) is 5.92 Å². The fourth-order valence-electron chi connectivity index (χ4n) is 4.72. The van der Waals surface area contributed by atoms with Crippen molar-refractivity contribution in [2.24, 2.45) is 5.92 Å². The summed E-state index contributed by atoms with van der Waals surface area (Å²) in [5.41, 5.74) is 0.525. The summed E-state index contributed by atoms with van der Waals surface area (Å²) < 4.78 is 5.29. The standard InChI is InChI=1S/C35H49N5O9/c1-21(2)17-27(33(46)47)38-32(45)28(19-23-11-9-8-10-12-23)40(7)29(42)20-36-30(43)22(3)37-31(44)26(39-34(48)49-35(4,5)6)18-24-13-15-25(41)16-14-24/h8-16,21-22,26-28,41H,17-20H2,1-7H3,(H,36,43)(H,37,44)(H,38,45)(H,39,48)(H,46,47)/t22-,26+,27+,28+/m1/s1. The zero-order chi connectivity index (χ0) is 36.9. The number of rotatable bonds is 16. The number of nitrogens with one attached hydrogen (secondary N) is 4. The zero-order valence-electron chi connectivity index (χ0n) is 29.1. The van der Waals surface area contributed by atoms with Crippen molar-refractivity contribution in [3.05, 3.63) is 65.7 Å². The van der Waals surface area contributed by atoms with Crippen LogP contribution in [0.2, 0.25) is 0 Å². The Kier molecular flexibility index (Phi) is 15.0. The molecule has 0 heterocycles. The van der Waals surface area contributed by atoms with Gasteiger partial charge in [-0.25, -0.2) is 9.59 Å². The van der Waals surface area contributed by atoms with E-state index in [-0.39, 0.29) is 30.9 Å². The first-order valence-corrected chi connectivity index (χ1v) is 16.0. The van der Waals surface area contributed by atoms with Crippen molar-refractivity contribution in [2.75, 3.05) is 13.6 Å². The lowest BCUT2D eigenvalue weighted by atomic mass is 10.0. The van der Waals surface area contributed by atoms with Gasteiger partial charge in [-0.2, -0.15) is 0 Å². The quantitative estimate of drug-likeness (QED) is 0.153. The Labute approximate surface area is 287 Å². The molecule has 0 fully saturated rings. The number of phenols is 1. The number of hydrogen-bond donors (Lipinski definition) is 6. The van der Waals surface area contributed by atoms with Gasteiger partial charge in [-0.15, -0.1) is 0 Å². The molecule has 2 aromatic rings. The van der Waals surface area contributed by atoms with Crippen LogP contribution in [0.25, 0.3) is 0 Å². The van der Waals surface area contributed by atoms with E-state index >= 15 is 0 Å². The minimum atomic E-state index is -1.19. The Morgan fingerprint density at radius 3 is 1.92 bits per heavy atom. The third-order valence-corrected chi connectivity index (χ3v) is 7.31. The number of ether oxygens (including phenoxy) is 1. The summed E-state index contributed by atoms with van der Waals surface area (Å²) in [6.07, 6.45) is -0.533. The van der Waals surface area contributed by atoms with Crippen LogP contribution in [0.15, 0.2) is 54.6 Å². The molecule has 6 N–H and O–H groups in total. The fourth-order valence-corrected chi connectivity index (χ4v) is 4.72. The number of aliphatic carboxylic acids is 1. The number of amides is 5. The number of phenolic OH excluding ortho intramolecular Hbond substituents is 1. The van der Waals surface area contributed by atoms with E-state index in [4.69, 9.17) is 4.74 Å². The Morgan fingerprint density at radius 1 is 0.776 bits per heavy atom. The van der Waals surface area contributed by atoms with Crippen molar-refractivity contribution in [1.82, 2.24) is 26.2 Å². The maximum Gasteiger partial charge on any atom is 0.408 e. The summed E-state index contributed by atoms with van der Waals surface area (Å²) in [4.78, 5) is 78.3. The van der Waals surface area contributed by atoms with Gasteiger partial charge in [0.2, 0.25) is 23.6 Å². The summed E-state index contributed by atoms with van der Waals surface area (Å²) in [7, 11) is 1.39. The summed E-state index contributed by atoms with van der Waals surface area (Å²) in [6.45, 7) is 9.56. The second kappa shape index (κ2) is 18.4. The predicted octanol–water partition coefficient (Wildman–Crippen LogP) is 2.13. The summed E-state index contributed by atoms with van der Waals surface area (Å²) in [6, 6.07) is 10.4. The molecule has 0 saturated carbocycles. The van der Waals surface area contributed by atoms with E-state index in [2.05, 4.69) is 21.3 Å². The Hall–Kier alpha value is -5.14. The normalized spacial score (nSPS) is 13.6. The molecule has 0 radical (unpaired) electrons. The van der Waals surface area contributed by atoms with E-state index in [0.29, 0.717) is 5.56 Å². The molecular formula is C35H49N5O9. The van der Waals surface area contributed by atoms with Crippen LogP contribution in [0.1, 0.15) is 59.1 Å². The molecule has 0 spiro atoms. The largest absolute Gasteiger partial charge is 0.508 e. The highest BCUT2D eigenvalue weighted by Gasteiger charge is 2.32. The maximum absolute atomic E-state index is 13.4. The summed E-state index contributed by atoms with van der Waals surface area (Å²) in [5, 5.41) is 29.3. The zero-order valence-corrected chi connectivity index (χ0v) is 29.1. The lowest BCUT2D eigenvalue weighted by molar-refractivity contribution is -0.144. The van der Waals surface area contributed by atoms with Gasteiger partial charge in [0.15, 0.2) is 0 Å². The Balaban J connectivity index is 2.11. The smallest absolute Gasteiger partial charge is 0.408 e. The molecule has 2 aromatic carbocycles. The number of nitrogens with zero attached hydrogens (tertiary/aromatic N) is 1. The minimum Gasteiger partial charge on any atom is -0.508 e. The Morgan fingerprint density at radius 2 is 1.37 bits per heavy atom. The van der Waals surface area contributed by atoms with Crippen molar-refractivity contribution >= 4 is 35.7 Å². The lowest BCUT2D eigenvalue weighted by Gasteiger charge is -2.29. The van der Waals surface area contributed by atoms with Crippen LogP contribution in [-0.2, 0) is 41.6 Å². The van der Waals surface area contributed by atoms with Crippen LogP contribution in [0.5, 0.6) is 5.75 Å². The molecular weight excluding hydrogens is 634 g/mol. The number of carbonyl (C=O) groups excluding carboxylic acids is 5. The number of hydrogen-bond acceptors (Lipinski definition) is 8. The molecule has 0 aliphatic rings. The van der Waals surface area contributed by atoms with Crippen LogP contribution < -0.4 is 21.3 Å². The van der Waals surface area contributed by atoms with E-state index < -0.39 is 72.0 Å². The van der Waals surface area contributed by atoms with E-state index in [0.717, 1.165) is 10.5 Å². The van der Waals surface area contributed by atoms with E-state index in [1.165, 1.54) is 26.1 Å². The van der Waals surface area contributed by atoms with Crippen LogP contribution in [0.3, 0.4) is 0 Å². The van der Waals surface area contributed by atoms with Crippen molar-refractivity contribution in [3.63, 3.8) is 0 Å². The number of carbonyl (C=O) groups is 6. The molecule has 0 unspecified atom stereocenters. The third-order valence-electron chi connectivity index (χ3n) is 7.31. The van der Waals surface area contributed by atoms with Crippen LogP contribution >= 0.6 is 0 Å². The van der Waals surface area contributed by atoms with Crippen molar-refractivity contribution in [1.29, 1.82) is 0 Å². The van der Waals surface area contributed by atoms with Crippen molar-refractivity contribution in [2.45, 2.75) is 90.6 Å². The van der Waals surface area contributed by atoms with Gasteiger partial charge in [0.1, 0.15) is 35.5 Å².